The molecule has 0 saturated carbocycles. The van der Waals surface area contributed by atoms with Crippen molar-refractivity contribution >= 4 is 63.0 Å². The van der Waals surface area contributed by atoms with Crippen LogP contribution in [0.4, 0.5) is 0 Å². The SMILES string of the molecule is CC(C)(C)N=P(Cl)(Cl)C(Cl)(Cl)Cl. The molecule has 0 rings (SSSR count). The van der Waals surface area contributed by atoms with Crippen LogP contribution in [0.1, 0.15) is 20.8 Å². The highest BCUT2D eigenvalue weighted by atomic mass is 35.9. The van der Waals surface area contributed by atoms with E-state index in [1.165, 1.54) is 0 Å². The number of alkyl halides is 3. The van der Waals surface area contributed by atoms with Crippen LogP contribution in [-0.4, -0.2) is 9.07 Å². The largest absolute Gasteiger partial charge is 0.264 e. The number of hydrogen-bond acceptors (Lipinski definition) is 1. The first-order valence-electron chi connectivity index (χ1n) is 3.05. The molecule has 0 aliphatic heterocycles. The molecule has 0 unspecified atom stereocenters. The van der Waals surface area contributed by atoms with E-state index in [9.17, 15) is 0 Å². The molecule has 0 bridgehead atoms. The maximum Gasteiger partial charge on any atom is 0.250 e. The Morgan fingerprint density at radius 3 is 1.42 bits per heavy atom. The van der Waals surface area contributed by atoms with Gasteiger partial charge in [0.2, 0.25) is 0 Å². The summed E-state index contributed by atoms with van der Waals surface area (Å²) in [5, 5.41) is 0. The third kappa shape index (κ3) is 4.79. The van der Waals surface area contributed by atoms with Gasteiger partial charge in [-0.05, 0) is 20.8 Å². The first kappa shape index (κ1) is 13.7. The van der Waals surface area contributed by atoms with Crippen molar-refractivity contribution in [1.82, 2.24) is 0 Å². The van der Waals surface area contributed by atoms with Gasteiger partial charge < -0.3 is 0 Å². The van der Waals surface area contributed by atoms with E-state index in [2.05, 4.69) is 4.74 Å². The van der Waals surface area contributed by atoms with Crippen molar-refractivity contribution in [2.75, 3.05) is 0 Å². The smallest absolute Gasteiger partial charge is 0.250 e. The lowest BCUT2D eigenvalue weighted by Gasteiger charge is -2.23. The topological polar surface area (TPSA) is 12.4 Å². The Morgan fingerprint density at radius 2 is 1.33 bits per heavy atom. The van der Waals surface area contributed by atoms with Gasteiger partial charge in [-0.1, -0.05) is 57.3 Å². The Morgan fingerprint density at radius 1 is 1.00 bits per heavy atom. The van der Waals surface area contributed by atoms with Gasteiger partial charge in [0, 0.05) is 0 Å². The summed E-state index contributed by atoms with van der Waals surface area (Å²) in [6.07, 6.45) is 0. The highest BCUT2D eigenvalue weighted by Gasteiger charge is 2.39. The Hall–Kier alpha value is 1.68. The van der Waals surface area contributed by atoms with Crippen molar-refractivity contribution < 1.29 is 0 Å². The Kier molecular flexibility index (Phi) is 4.61. The van der Waals surface area contributed by atoms with Crippen LogP contribution in [0, 0.1) is 0 Å². The molecule has 0 radical (unpaired) electrons. The van der Waals surface area contributed by atoms with Crippen LogP contribution < -0.4 is 0 Å². The maximum atomic E-state index is 5.81. The van der Waals surface area contributed by atoms with Crippen molar-refractivity contribution in [2.24, 2.45) is 4.74 Å². The van der Waals surface area contributed by atoms with Gasteiger partial charge in [-0.25, -0.2) is 0 Å². The van der Waals surface area contributed by atoms with Crippen molar-refractivity contribution in [3.63, 3.8) is 0 Å². The monoisotopic (exact) mass is 289 g/mol. The number of nitrogens with zero attached hydrogens (tertiary/aromatic N) is 1. The van der Waals surface area contributed by atoms with Gasteiger partial charge in [-0.15, -0.1) is 0 Å². The third-order valence-corrected chi connectivity index (χ3v) is 7.93. The van der Waals surface area contributed by atoms with E-state index in [0.717, 1.165) is 0 Å². The molecule has 0 fully saturated rings. The lowest BCUT2D eigenvalue weighted by atomic mass is 10.1. The Balaban J connectivity index is 4.99. The second-order valence-corrected chi connectivity index (χ2v) is 11.6. The predicted molar refractivity (Wildman–Crippen MR) is 61.1 cm³/mol. The van der Waals surface area contributed by atoms with Crippen molar-refractivity contribution in [3.8, 4) is 0 Å². The summed E-state index contributed by atoms with van der Waals surface area (Å²) < 4.78 is 2.35. The first-order valence-corrected chi connectivity index (χ1v) is 7.74. The Bertz CT molecular complexity index is 207. The minimum Gasteiger partial charge on any atom is -0.264 e. The quantitative estimate of drug-likeness (QED) is 0.405. The zero-order valence-corrected chi connectivity index (χ0v) is 11.5. The molecule has 0 aliphatic rings. The molecule has 0 heterocycles. The molecule has 0 N–H and O–H groups in total. The fraction of sp³-hybridized carbons (Fsp3) is 1.00. The highest BCUT2D eigenvalue weighted by molar-refractivity contribution is 8.13. The molecular weight excluding hydrogens is 282 g/mol. The van der Waals surface area contributed by atoms with Crippen molar-refractivity contribution in [1.29, 1.82) is 0 Å². The molecule has 0 aromatic heterocycles. The van der Waals surface area contributed by atoms with E-state index in [1.807, 2.05) is 20.8 Å². The molecule has 1 nitrogen and oxygen atoms in total. The molecule has 0 amide bonds. The molecule has 0 saturated heterocycles. The summed E-state index contributed by atoms with van der Waals surface area (Å²) in [4.78, 5) is 0. The number of hydrogen-bond donors (Lipinski definition) is 0. The second kappa shape index (κ2) is 4.04. The molecule has 0 aromatic rings. The summed E-state index contributed by atoms with van der Waals surface area (Å²) in [5.74, 6) is -2.88. The summed E-state index contributed by atoms with van der Waals surface area (Å²) in [5.41, 5.74) is -0.402. The van der Waals surface area contributed by atoms with Crippen LogP contribution in [0.5, 0.6) is 0 Å². The highest BCUT2D eigenvalue weighted by Crippen LogP contribution is 2.75. The van der Waals surface area contributed by atoms with E-state index in [1.54, 1.807) is 0 Å². The normalized spacial score (nSPS) is 14.7. The van der Waals surface area contributed by atoms with E-state index in [-0.39, 0.29) is 0 Å². The van der Waals surface area contributed by atoms with E-state index in [4.69, 9.17) is 57.3 Å². The zero-order valence-electron chi connectivity index (χ0n) is 6.78. The van der Waals surface area contributed by atoms with Crippen LogP contribution in [0.3, 0.4) is 0 Å². The van der Waals surface area contributed by atoms with Gasteiger partial charge in [0.05, 0.1) is 5.54 Å². The average molecular weight is 291 g/mol. The first-order chi connectivity index (χ1) is 4.96. The standard InChI is InChI=1S/C5H9Cl5NP/c1-4(2,3)11-12(9,10)5(6,7)8/h1-3H3. The van der Waals surface area contributed by atoms with Crippen LogP contribution >= 0.6 is 63.0 Å². The van der Waals surface area contributed by atoms with Crippen LogP contribution in [-0.2, 0) is 0 Å². The molecular formula is C5H9Cl5NP. The van der Waals surface area contributed by atoms with Crippen molar-refractivity contribution in [2.45, 2.75) is 29.8 Å². The predicted octanol–water partition coefficient (Wildman–Crippen LogP) is 5.62. The summed E-state index contributed by atoms with van der Waals surface area (Å²) >= 11 is 28.3. The number of halogens is 5. The average Bonchev–Trinajstić information content (AvgIpc) is 1.52. The molecule has 0 aromatic carbocycles. The van der Waals surface area contributed by atoms with E-state index in [0.29, 0.717) is 0 Å². The fourth-order valence-corrected chi connectivity index (χ4v) is 3.00. The van der Waals surface area contributed by atoms with Gasteiger partial charge in [0.1, 0.15) is 0 Å². The molecule has 7 heteroatoms. The van der Waals surface area contributed by atoms with Gasteiger partial charge in [0.25, 0.3) is 3.53 Å². The molecule has 12 heavy (non-hydrogen) atoms. The Labute approximate surface area is 97.3 Å². The molecule has 74 valence electrons. The number of rotatable bonds is 0. The van der Waals surface area contributed by atoms with Gasteiger partial charge in [-0.3, -0.25) is 4.74 Å². The molecule has 0 aliphatic carbocycles. The summed E-state index contributed by atoms with van der Waals surface area (Å²) in [7, 11) is 0. The van der Waals surface area contributed by atoms with E-state index < -0.39 is 14.8 Å². The minimum absolute atomic E-state index is 0.402. The lowest BCUT2D eigenvalue weighted by molar-refractivity contribution is 0.591. The molecule has 0 spiro atoms. The zero-order chi connectivity index (χ0) is 10.2. The maximum absolute atomic E-state index is 5.81. The fourth-order valence-electron chi connectivity index (χ4n) is 0.433. The van der Waals surface area contributed by atoms with Crippen LogP contribution in [0.25, 0.3) is 0 Å². The summed E-state index contributed by atoms with van der Waals surface area (Å²) in [6, 6.07) is 0. The van der Waals surface area contributed by atoms with Crippen LogP contribution in [0.15, 0.2) is 4.74 Å². The van der Waals surface area contributed by atoms with Crippen LogP contribution in [0.2, 0.25) is 0 Å². The van der Waals surface area contributed by atoms with Gasteiger partial charge >= 0.3 is 0 Å². The van der Waals surface area contributed by atoms with Gasteiger partial charge in [0.15, 0.2) is 5.76 Å². The third-order valence-electron chi connectivity index (χ3n) is 0.731. The molecule has 0 atom stereocenters. The van der Waals surface area contributed by atoms with Crippen molar-refractivity contribution in [3.05, 3.63) is 0 Å². The second-order valence-electron chi connectivity index (χ2n) is 3.22. The van der Waals surface area contributed by atoms with Gasteiger partial charge in [-0.2, -0.15) is 0 Å². The minimum atomic E-state index is -2.88. The lowest BCUT2D eigenvalue weighted by Crippen LogP contribution is -2.10. The summed E-state index contributed by atoms with van der Waals surface area (Å²) in [6.45, 7) is 5.51. The van der Waals surface area contributed by atoms with E-state index >= 15 is 0 Å².